The fourth-order valence-corrected chi connectivity index (χ4v) is 4.21. The summed E-state index contributed by atoms with van der Waals surface area (Å²) in [4.78, 5) is 0. The number of halogens is 1. The van der Waals surface area contributed by atoms with Crippen LogP contribution in [0.4, 0.5) is 4.39 Å². The number of aromatic nitrogens is 3. The molecule has 2 aliphatic rings. The molecule has 7 heteroatoms. The highest BCUT2D eigenvalue weighted by Crippen LogP contribution is 2.41. The summed E-state index contributed by atoms with van der Waals surface area (Å²) in [6.45, 7) is 3.03. The molecule has 0 amide bonds. The number of ether oxygens (including phenoxy) is 3. The number of hydrogen-bond acceptors (Lipinski definition) is 5. The van der Waals surface area contributed by atoms with Crippen LogP contribution in [0.15, 0.2) is 66.9 Å². The SMILES string of the molecule is CCOc1ccc(-c2nnc3c4cc(OC)c(OC)cc4n(Cc4cccc(F)c4)cc2-3)cc1. The molecule has 2 aliphatic heterocycles. The second-order valence-electron chi connectivity index (χ2n) is 7.88. The van der Waals surface area contributed by atoms with Gasteiger partial charge < -0.3 is 18.8 Å². The van der Waals surface area contributed by atoms with Crippen molar-refractivity contribution in [3.8, 4) is 39.8 Å². The third-order valence-corrected chi connectivity index (χ3v) is 5.79. The second-order valence-corrected chi connectivity index (χ2v) is 7.88. The van der Waals surface area contributed by atoms with E-state index < -0.39 is 0 Å². The zero-order valence-electron chi connectivity index (χ0n) is 19.2. The molecule has 5 rings (SSSR count). The lowest BCUT2D eigenvalue weighted by Gasteiger charge is -2.18. The van der Waals surface area contributed by atoms with Crippen LogP contribution < -0.4 is 14.2 Å². The van der Waals surface area contributed by atoms with Gasteiger partial charge in [-0.3, -0.25) is 0 Å². The molecule has 0 unspecified atom stereocenters. The van der Waals surface area contributed by atoms with Gasteiger partial charge in [-0.1, -0.05) is 12.1 Å². The molecule has 3 aromatic rings. The lowest BCUT2D eigenvalue weighted by atomic mass is 10.0. The van der Waals surface area contributed by atoms with E-state index in [-0.39, 0.29) is 5.82 Å². The maximum absolute atomic E-state index is 13.9. The maximum atomic E-state index is 13.9. The molecule has 0 bridgehead atoms. The predicted molar refractivity (Wildman–Crippen MR) is 129 cm³/mol. The van der Waals surface area contributed by atoms with Gasteiger partial charge in [-0.25, -0.2) is 4.39 Å². The average Bonchev–Trinajstić information content (AvgIpc) is 3.28. The molecule has 0 fully saturated rings. The summed E-state index contributed by atoms with van der Waals surface area (Å²) in [6.07, 6.45) is 2.01. The van der Waals surface area contributed by atoms with Crippen molar-refractivity contribution in [1.29, 1.82) is 0 Å². The summed E-state index contributed by atoms with van der Waals surface area (Å²) in [6, 6.07) is 18.2. The van der Waals surface area contributed by atoms with Crippen molar-refractivity contribution in [2.45, 2.75) is 13.5 Å². The second kappa shape index (κ2) is 9.02. The molecule has 172 valence electrons. The number of nitrogens with zero attached hydrogens (tertiary/aromatic N) is 3. The zero-order valence-corrected chi connectivity index (χ0v) is 19.2. The Balaban J connectivity index is 1.72. The number of fused-ring (bicyclic) bond motifs is 3. The van der Waals surface area contributed by atoms with Crippen molar-refractivity contribution in [2.75, 3.05) is 20.8 Å². The molecule has 3 aromatic carbocycles. The van der Waals surface area contributed by atoms with Crippen molar-refractivity contribution >= 4 is 10.9 Å². The summed E-state index contributed by atoms with van der Waals surface area (Å²) < 4.78 is 32.6. The van der Waals surface area contributed by atoms with Gasteiger partial charge in [-0.2, -0.15) is 0 Å². The van der Waals surface area contributed by atoms with Crippen LogP contribution in [-0.2, 0) is 6.54 Å². The minimum Gasteiger partial charge on any atom is -0.494 e. The van der Waals surface area contributed by atoms with Crippen LogP contribution in [0.3, 0.4) is 0 Å². The summed E-state index contributed by atoms with van der Waals surface area (Å²) in [5.74, 6) is 1.74. The fraction of sp³-hybridized carbons (Fsp3) is 0.185. The Morgan fingerprint density at radius 1 is 0.882 bits per heavy atom. The van der Waals surface area contributed by atoms with E-state index in [1.54, 1.807) is 26.4 Å². The molecule has 2 heterocycles. The van der Waals surface area contributed by atoms with Gasteiger partial charge >= 0.3 is 0 Å². The number of rotatable bonds is 7. The third kappa shape index (κ3) is 3.90. The van der Waals surface area contributed by atoms with Crippen LogP contribution in [0.2, 0.25) is 0 Å². The fourth-order valence-electron chi connectivity index (χ4n) is 4.21. The summed E-state index contributed by atoms with van der Waals surface area (Å²) in [7, 11) is 3.21. The summed E-state index contributed by atoms with van der Waals surface area (Å²) in [5, 5.41) is 9.91. The Hall–Kier alpha value is -4.13. The molecule has 0 aliphatic carbocycles. The van der Waals surface area contributed by atoms with Crippen molar-refractivity contribution in [3.63, 3.8) is 0 Å². The van der Waals surface area contributed by atoms with E-state index in [9.17, 15) is 4.39 Å². The van der Waals surface area contributed by atoms with E-state index in [1.165, 1.54) is 6.07 Å². The van der Waals surface area contributed by atoms with E-state index in [0.717, 1.165) is 44.7 Å². The lowest BCUT2D eigenvalue weighted by molar-refractivity contribution is 0.340. The first kappa shape index (κ1) is 21.7. The quantitative estimate of drug-likeness (QED) is 0.309. The Morgan fingerprint density at radius 3 is 2.32 bits per heavy atom. The Bertz CT molecular complexity index is 1430. The molecule has 0 N–H and O–H groups in total. The highest BCUT2D eigenvalue weighted by atomic mass is 19.1. The van der Waals surface area contributed by atoms with Gasteiger partial charge in [0, 0.05) is 35.3 Å². The third-order valence-electron chi connectivity index (χ3n) is 5.79. The summed E-state index contributed by atoms with van der Waals surface area (Å²) in [5.41, 5.74) is 5.07. The van der Waals surface area contributed by atoms with Crippen LogP contribution in [-0.4, -0.2) is 35.6 Å². The topological polar surface area (TPSA) is 58.4 Å². The molecule has 0 atom stereocenters. The average molecular weight is 458 g/mol. The molecule has 0 aromatic heterocycles. The van der Waals surface area contributed by atoms with Crippen LogP contribution in [0, 0.1) is 5.82 Å². The van der Waals surface area contributed by atoms with Gasteiger partial charge in [-0.05, 0) is 55.0 Å². The van der Waals surface area contributed by atoms with Gasteiger partial charge in [0.05, 0.1) is 26.3 Å². The Labute approximate surface area is 196 Å². The van der Waals surface area contributed by atoms with Crippen LogP contribution in [0.1, 0.15) is 12.5 Å². The van der Waals surface area contributed by atoms with Crippen molar-refractivity contribution in [2.24, 2.45) is 0 Å². The minimum absolute atomic E-state index is 0.269. The van der Waals surface area contributed by atoms with Gasteiger partial charge in [0.2, 0.25) is 0 Å². The molecule has 34 heavy (non-hydrogen) atoms. The van der Waals surface area contributed by atoms with Crippen LogP contribution >= 0.6 is 0 Å². The highest BCUT2D eigenvalue weighted by molar-refractivity contribution is 5.99. The molecule has 0 spiro atoms. The molecule has 0 saturated heterocycles. The van der Waals surface area contributed by atoms with Crippen molar-refractivity contribution in [1.82, 2.24) is 14.8 Å². The number of pyridine rings is 1. The van der Waals surface area contributed by atoms with Gasteiger partial charge in [-0.15, -0.1) is 10.2 Å². The first-order valence-corrected chi connectivity index (χ1v) is 11.0. The van der Waals surface area contributed by atoms with E-state index in [1.807, 2.05) is 55.6 Å². The van der Waals surface area contributed by atoms with Crippen LogP contribution in [0.25, 0.3) is 33.4 Å². The first-order chi connectivity index (χ1) is 16.6. The van der Waals surface area contributed by atoms with Gasteiger partial charge in [0.1, 0.15) is 23.0 Å². The van der Waals surface area contributed by atoms with E-state index >= 15 is 0 Å². The molecular weight excluding hydrogens is 433 g/mol. The Morgan fingerprint density at radius 2 is 1.62 bits per heavy atom. The highest BCUT2D eigenvalue weighted by Gasteiger charge is 2.22. The van der Waals surface area contributed by atoms with Crippen molar-refractivity contribution in [3.05, 3.63) is 78.2 Å². The monoisotopic (exact) mass is 457 g/mol. The smallest absolute Gasteiger partial charge is 0.162 e. The lowest BCUT2D eigenvalue weighted by Crippen LogP contribution is -2.05. The molecule has 6 nitrogen and oxygen atoms in total. The van der Waals surface area contributed by atoms with E-state index in [2.05, 4.69) is 14.8 Å². The van der Waals surface area contributed by atoms with E-state index in [0.29, 0.717) is 24.7 Å². The van der Waals surface area contributed by atoms with Gasteiger partial charge in [0.25, 0.3) is 0 Å². The Kier molecular flexibility index (Phi) is 5.76. The summed E-state index contributed by atoms with van der Waals surface area (Å²) >= 11 is 0. The maximum Gasteiger partial charge on any atom is 0.162 e. The van der Waals surface area contributed by atoms with Crippen molar-refractivity contribution < 1.29 is 18.6 Å². The number of methoxy groups -OCH3 is 2. The minimum atomic E-state index is -0.269. The molecule has 0 radical (unpaired) electrons. The number of hydrogen-bond donors (Lipinski definition) is 0. The largest absolute Gasteiger partial charge is 0.494 e. The zero-order chi connectivity index (χ0) is 23.7. The van der Waals surface area contributed by atoms with Crippen LogP contribution in [0.5, 0.6) is 17.2 Å². The van der Waals surface area contributed by atoms with Gasteiger partial charge in [0.15, 0.2) is 11.5 Å². The number of benzene rings is 3. The normalized spacial score (nSPS) is 11.2. The molecule has 0 saturated carbocycles. The first-order valence-electron chi connectivity index (χ1n) is 11.0. The molecular formula is C27H24FN3O3. The van der Waals surface area contributed by atoms with E-state index in [4.69, 9.17) is 14.2 Å². The standard InChI is InChI=1S/C27H24FN3O3/c1-4-34-20-10-8-18(9-11-20)26-22-16-31(15-17-6-5-7-19(28)12-17)23-14-25(33-3)24(32-2)13-21(23)27(22)30-29-26/h5-14,16H,4,15H2,1-3H3. The predicted octanol–water partition coefficient (Wildman–Crippen LogP) is 5.81.